The molecule has 0 aliphatic heterocycles. The molecule has 2 amide bonds. The van der Waals surface area contributed by atoms with Crippen molar-refractivity contribution in [1.82, 2.24) is 14.9 Å². The van der Waals surface area contributed by atoms with Gasteiger partial charge in [0.25, 0.3) is 0 Å². The van der Waals surface area contributed by atoms with Gasteiger partial charge >= 0.3 is 6.09 Å². The van der Waals surface area contributed by atoms with Gasteiger partial charge < -0.3 is 9.26 Å². The van der Waals surface area contributed by atoms with Gasteiger partial charge in [-0.1, -0.05) is 43.3 Å². The second kappa shape index (κ2) is 10.6. The number of nitrogens with one attached hydrogen (secondary N) is 2. The van der Waals surface area contributed by atoms with Gasteiger partial charge in [-0.15, -0.1) is 0 Å². The summed E-state index contributed by atoms with van der Waals surface area (Å²) in [5.41, 5.74) is 2.52. The van der Waals surface area contributed by atoms with Gasteiger partial charge in [0.15, 0.2) is 5.82 Å². The SMILES string of the molecule is CC(C)n1nc(-c2ccc(CC(=O)Nc3cc(C4CCC4(C)C)no3)cc2)c(C#N)c1NC(=O)OC(C)(C)C. The summed E-state index contributed by atoms with van der Waals surface area (Å²) in [6.45, 7) is 13.5. The number of ether oxygens (including phenoxy) is 1. The van der Waals surface area contributed by atoms with Crippen LogP contribution in [0.25, 0.3) is 11.3 Å². The Labute approximate surface area is 228 Å². The summed E-state index contributed by atoms with van der Waals surface area (Å²) >= 11 is 0. The topological polar surface area (TPSA) is 135 Å². The number of amides is 2. The van der Waals surface area contributed by atoms with Crippen molar-refractivity contribution in [3.8, 4) is 17.3 Å². The van der Waals surface area contributed by atoms with Crippen molar-refractivity contribution in [2.24, 2.45) is 5.41 Å². The maximum Gasteiger partial charge on any atom is 0.413 e. The van der Waals surface area contributed by atoms with E-state index in [4.69, 9.17) is 9.26 Å². The fourth-order valence-corrected chi connectivity index (χ4v) is 4.71. The summed E-state index contributed by atoms with van der Waals surface area (Å²) in [5.74, 6) is 0.745. The number of nitrogens with zero attached hydrogens (tertiary/aromatic N) is 4. The van der Waals surface area contributed by atoms with Crippen molar-refractivity contribution >= 4 is 23.7 Å². The van der Waals surface area contributed by atoms with Crippen molar-refractivity contribution < 1.29 is 18.8 Å². The van der Waals surface area contributed by atoms with Crippen LogP contribution in [0.5, 0.6) is 0 Å². The largest absolute Gasteiger partial charge is 0.444 e. The molecule has 0 radical (unpaired) electrons. The monoisotopic (exact) mass is 532 g/mol. The number of hydrogen-bond donors (Lipinski definition) is 2. The highest BCUT2D eigenvalue weighted by atomic mass is 16.6. The van der Waals surface area contributed by atoms with Crippen LogP contribution >= 0.6 is 0 Å². The van der Waals surface area contributed by atoms with E-state index in [0.29, 0.717) is 23.1 Å². The molecule has 0 bridgehead atoms. The Kier molecular flexibility index (Phi) is 7.55. The summed E-state index contributed by atoms with van der Waals surface area (Å²) in [6.07, 6.45) is 1.70. The van der Waals surface area contributed by atoms with E-state index in [1.165, 1.54) is 0 Å². The van der Waals surface area contributed by atoms with Gasteiger partial charge in [-0.3, -0.25) is 15.4 Å². The number of anilines is 2. The van der Waals surface area contributed by atoms with E-state index in [1.54, 1.807) is 37.6 Å². The predicted molar refractivity (Wildman–Crippen MR) is 147 cm³/mol. The summed E-state index contributed by atoms with van der Waals surface area (Å²) in [5, 5.41) is 24.2. The molecule has 1 aliphatic carbocycles. The van der Waals surface area contributed by atoms with Crippen LogP contribution in [0.1, 0.15) is 90.1 Å². The van der Waals surface area contributed by atoms with E-state index >= 15 is 0 Å². The maximum absolute atomic E-state index is 12.6. The number of carbonyl (C=O) groups excluding carboxylic acids is 2. The molecule has 1 unspecified atom stereocenters. The number of nitriles is 1. The molecule has 1 aromatic carbocycles. The van der Waals surface area contributed by atoms with Gasteiger partial charge in [0, 0.05) is 23.6 Å². The smallest absolute Gasteiger partial charge is 0.413 e. The summed E-state index contributed by atoms with van der Waals surface area (Å²) in [4.78, 5) is 25.1. The minimum absolute atomic E-state index is 0.120. The highest BCUT2D eigenvalue weighted by Gasteiger charge is 2.41. The molecule has 10 nitrogen and oxygen atoms in total. The molecule has 2 N–H and O–H groups in total. The van der Waals surface area contributed by atoms with Gasteiger partial charge in [0.05, 0.1) is 12.1 Å². The van der Waals surface area contributed by atoms with E-state index in [2.05, 4.69) is 40.8 Å². The second-order valence-corrected chi connectivity index (χ2v) is 12.0. The Morgan fingerprint density at radius 1 is 1.23 bits per heavy atom. The molecule has 39 heavy (non-hydrogen) atoms. The van der Waals surface area contributed by atoms with Crippen LogP contribution in [0.3, 0.4) is 0 Å². The van der Waals surface area contributed by atoms with Crippen molar-refractivity contribution in [3.05, 3.63) is 47.2 Å². The molecule has 1 aliphatic rings. The average molecular weight is 533 g/mol. The zero-order valence-electron chi connectivity index (χ0n) is 23.6. The lowest BCUT2D eigenvalue weighted by atomic mass is 9.61. The first kappa shape index (κ1) is 27.9. The maximum atomic E-state index is 12.6. The summed E-state index contributed by atoms with van der Waals surface area (Å²) in [6, 6.07) is 11.1. The van der Waals surface area contributed by atoms with E-state index in [0.717, 1.165) is 24.1 Å². The highest BCUT2D eigenvalue weighted by molar-refractivity contribution is 5.91. The molecule has 1 saturated carbocycles. The molecular formula is C29H36N6O4. The zero-order chi connectivity index (χ0) is 28.5. The van der Waals surface area contributed by atoms with Gasteiger partial charge in [-0.05, 0) is 58.4 Å². The molecule has 0 saturated heterocycles. The summed E-state index contributed by atoms with van der Waals surface area (Å²) < 4.78 is 12.3. The van der Waals surface area contributed by atoms with Crippen molar-refractivity contribution in [2.75, 3.05) is 10.6 Å². The number of rotatable bonds is 7. The second-order valence-electron chi connectivity index (χ2n) is 12.0. The molecule has 4 rings (SSSR count). The minimum Gasteiger partial charge on any atom is -0.444 e. The standard InChI is InChI=1S/C29H36N6O4/c1-17(2)35-26(32-27(37)38-28(3,4)5)20(16-30)25(33-35)19-10-8-18(9-11-19)14-23(36)31-24-15-22(34-39-24)21-12-13-29(21,6)7/h8-11,15,17,21H,12-14H2,1-7H3,(H,31,36)(H,32,37). The van der Waals surface area contributed by atoms with Crippen LogP contribution in [-0.4, -0.2) is 32.5 Å². The summed E-state index contributed by atoms with van der Waals surface area (Å²) in [7, 11) is 0. The average Bonchev–Trinajstić information content (AvgIpc) is 3.41. The van der Waals surface area contributed by atoms with Crippen molar-refractivity contribution in [1.29, 1.82) is 5.26 Å². The van der Waals surface area contributed by atoms with Gasteiger partial charge in [0.2, 0.25) is 11.8 Å². The molecule has 10 heteroatoms. The molecule has 2 heterocycles. The highest BCUT2D eigenvalue weighted by Crippen LogP contribution is 2.52. The third-order valence-corrected chi connectivity index (χ3v) is 6.89. The number of carbonyl (C=O) groups is 2. The molecule has 1 fully saturated rings. The lowest BCUT2D eigenvalue weighted by Crippen LogP contribution is -2.32. The fraction of sp³-hybridized carbons (Fsp3) is 0.483. The Morgan fingerprint density at radius 3 is 2.46 bits per heavy atom. The first-order valence-electron chi connectivity index (χ1n) is 13.2. The normalized spacial score (nSPS) is 16.3. The van der Waals surface area contributed by atoms with Crippen LogP contribution in [0.4, 0.5) is 16.5 Å². The first-order chi connectivity index (χ1) is 18.3. The van der Waals surface area contributed by atoms with Gasteiger partial charge in [0.1, 0.15) is 22.9 Å². The molecule has 206 valence electrons. The first-order valence-corrected chi connectivity index (χ1v) is 13.2. The number of benzene rings is 1. The van der Waals surface area contributed by atoms with Crippen LogP contribution in [-0.2, 0) is 16.0 Å². The third kappa shape index (κ3) is 6.30. The minimum atomic E-state index is -0.687. The lowest BCUT2D eigenvalue weighted by Gasteiger charge is -2.43. The van der Waals surface area contributed by atoms with Crippen LogP contribution in [0.15, 0.2) is 34.9 Å². The number of hydrogen-bond acceptors (Lipinski definition) is 7. The number of aromatic nitrogens is 3. The van der Waals surface area contributed by atoms with E-state index in [-0.39, 0.29) is 35.2 Å². The lowest BCUT2D eigenvalue weighted by molar-refractivity contribution is -0.115. The molecule has 0 spiro atoms. The van der Waals surface area contributed by atoms with Gasteiger partial charge in [-0.25, -0.2) is 9.48 Å². The molecule has 1 atom stereocenters. The van der Waals surface area contributed by atoms with Crippen molar-refractivity contribution in [2.45, 2.75) is 85.3 Å². The molecule has 3 aromatic rings. The molecular weight excluding hydrogens is 496 g/mol. The quantitative estimate of drug-likeness (QED) is 0.358. The van der Waals surface area contributed by atoms with Gasteiger partial charge in [-0.2, -0.15) is 10.4 Å². The Balaban J connectivity index is 1.47. The van der Waals surface area contributed by atoms with Crippen LogP contribution in [0, 0.1) is 16.7 Å². The third-order valence-electron chi connectivity index (χ3n) is 6.89. The fourth-order valence-electron chi connectivity index (χ4n) is 4.71. The van der Waals surface area contributed by atoms with E-state index < -0.39 is 11.7 Å². The Bertz CT molecular complexity index is 1400. The predicted octanol–water partition coefficient (Wildman–Crippen LogP) is 6.42. The van der Waals surface area contributed by atoms with Crippen LogP contribution in [0.2, 0.25) is 0 Å². The zero-order valence-corrected chi connectivity index (χ0v) is 23.6. The molecule has 2 aromatic heterocycles. The van der Waals surface area contributed by atoms with E-state index in [9.17, 15) is 14.9 Å². The Hall–Kier alpha value is -4.13. The van der Waals surface area contributed by atoms with Crippen LogP contribution < -0.4 is 10.6 Å². The Morgan fingerprint density at radius 2 is 1.92 bits per heavy atom. The van der Waals surface area contributed by atoms with Crippen molar-refractivity contribution in [3.63, 3.8) is 0 Å². The van der Waals surface area contributed by atoms with E-state index in [1.807, 2.05) is 32.0 Å².